The van der Waals surface area contributed by atoms with Gasteiger partial charge in [-0.3, -0.25) is 25.2 Å². The van der Waals surface area contributed by atoms with E-state index >= 15 is 0 Å². The molecule has 0 saturated carbocycles. The molecule has 6 nitrogen and oxygen atoms in total. The minimum atomic E-state index is -0.406. The highest BCUT2D eigenvalue weighted by Crippen LogP contribution is 2.16. The summed E-state index contributed by atoms with van der Waals surface area (Å²) in [6.45, 7) is 5.13. The van der Waals surface area contributed by atoms with Crippen molar-refractivity contribution in [1.29, 1.82) is 0 Å². The molecule has 0 aliphatic rings. The fourth-order valence-electron chi connectivity index (χ4n) is 1.53. The second kappa shape index (κ2) is 7.28. The van der Waals surface area contributed by atoms with Crippen LogP contribution in [0.2, 0.25) is 0 Å². The summed E-state index contributed by atoms with van der Waals surface area (Å²) in [5, 5.41) is 2.76. The molecule has 1 aromatic rings. The lowest BCUT2D eigenvalue weighted by Gasteiger charge is -2.09. The number of anilines is 1. The van der Waals surface area contributed by atoms with Gasteiger partial charge in [-0.2, -0.15) is 0 Å². The third-order valence-corrected chi connectivity index (χ3v) is 2.62. The SMILES string of the molecule is CC(=O)NNC(=O)CCC(=O)Nc1cc(C)ccc1C. The van der Waals surface area contributed by atoms with Gasteiger partial charge in [0.2, 0.25) is 17.7 Å². The van der Waals surface area contributed by atoms with Crippen LogP contribution in [-0.2, 0) is 14.4 Å². The predicted molar refractivity (Wildman–Crippen MR) is 75.7 cm³/mol. The quantitative estimate of drug-likeness (QED) is 0.722. The Morgan fingerprint density at radius 2 is 1.65 bits per heavy atom. The molecule has 0 aromatic heterocycles. The van der Waals surface area contributed by atoms with Crippen molar-refractivity contribution in [3.8, 4) is 0 Å². The van der Waals surface area contributed by atoms with Gasteiger partial charge in [-0.15, -0.1) is 0 Å². The van der Waals surface area contributed by atoms with E-state index in [0.717, 1.165) is 16.8 Å². The first-order chi connectivity index (χ1) is 9.38. The molecule has 0 spiro atoms. The van der Waals surface area contributed by atoms with Gasteiger partial charge >= 0.3 is 0 Å². The monoisotopic (exact) mass is 277 g/mol. The van der Waals surface area contributed by atoms with Gasteiger partial charge in [0.15, 0.2) is 0 Å². The molecule has 0 radical (unpaired) electrons. The summed E-state index contributed by atoms with van der Waals surface area (Å²) in [5.41, 5.74) is 7.13. The summed E-state index contributed by atoms with van der Waals surface area (Å²) in [6, 6.07) is 5.77. The van der Waals surface area contributed by atoms with Crippen molar-refractivity contribution < 1.29 is 14.4 Å². The van der Waals surface area contributed by atoms with Crippen LogP contribution in [0, 0.1) is 13.8 Å². The molecule has 3 N–H and O–H groups in total. The van der Waals surface area contributed by atoms with Crippen LogP contribution in [0.1, 0.15) is 30.9 Å². The summed E-state index contributed by atoms with van der Waals surface area (Å²) < 4.78 is 0. The van der Waals surface area contributed by atoms with E-state index in [1.807, 2.05) is 32.0 Å². The van der Waals surface area contributed by atoms with Gasteiger partial charge < -0.3 is 5.32 Å². The van der Waals surface area contributed by atoms with E-state index in [0.29, 0.717) is 0 Å². The summed E-state index contributed by atoms with van der Waals surface area (Å²) in [5.74, 6) is -1.01. The topological polar surface area (TPSA) is 87.3 Å². The van der Waals surface area contributed by atoms with Crippen LogP contribution in [0.3, 0.4) is 0 Å². The number of hydrazine groups is 1. The molecule has 0 fully saturated rings. The van der Waals surface area contributed by atoms with Crippen molar-refractivity contribution in [3.63, 3.8) is 0 Å². The normalized spacial score (nSPS) is 9.75. The summed E-state index contributed by atoms with van der Waals surface area (Å²) >= 11 is 0. The number of hydrogen-bond acceptors (Lipinski definition) is 3. The minimum absolute atomic E-state index is 0.0109. The fraction of sp³-hybridized carbons (Fsp3) is 0.357. The second-order valence-electron chi connectivity index (χ2n) is 4.60. The Kier molecular flexibility index (Phi) is 5.71. The molecule has 0 atom stereocenters. The van der Waals surface area contributed by atoms with Crippen molar-refractivity contribution in [1.82, 2.24) is 10.9 Å². The summed E-state index contributed by atoms with van der Waals surface area (Å²) in [4.78, 5) is 33.7. The first-order valence-electron chi connectivity index (χ1n) is 6.31. The molecule has 0 aliphatic heterocycles. The van der Waals surface area contributed by atoms with E-state index in [-0.39, 0.29) is 24.7 Å². The Labute approximate surface area is 117 Å². The lowest BCUT2D eigenvalue weighted by atomic mass is 10.1. The summed E-state index contributed by atoms with van der Waals surface area (Å²) in [7, 11) is 0. The Morgan fingerprint density at radius 3 is 2.30 bits per heavy atom. The van der Waals surface area contributed by atoms with Gasteiger partial charge in [0, 0.05) is 25.5 Å². The molecule has 20 heavy (non-hydrogen) atoms. The molecule has 0 aliphatic carbocycles. The Bertz CT molecular complexity index is 526. The van der Waals surface area contributed by atoms with Crippen LogP contribution in [0.15, 0.2) is 18.2 Å². The van der Waals surface area contributed by atoms with Crippen molar-refractivity contribution >= 4 is 23.4 Å². The maximum absolute atomic E-state index is 11.7. The largest absolute Gasteiger partial charge is 0.326 e. The number of hydrogen-bond donors (Lipinski definition) is 3. The molecular formula is C14H19N3O3. The molecule has 0 bridgehead atoms. The highest BCUT2D eigenvalue weighted by molar-refractivity contribution is 5.94. The van der Waals surface area contributed by atoms with Crippen LogP contribution >= 0.6 is 0 Å². The second-order valence-corrected chi connectivity index (χ2v) is 4.60. The van der Waals surface area contributed by atoms with E-state index < -0.39 is 5.91 Å². The Hall–Kier alpha value is -2.37. The summed E-state index contributed by atoms with van der Waals surface area (Å²) in [6.07, 6.45) is 0.0653. The van der Waals surface area contributed by atoms with Crippen molar-refractivity contribution in [3.05, 3.63) is 29.3 Å². The van der Waals surface area contributed by atoms with Crippen molar-refractivity contribution in [2.75, 3.05) is 5.32 Å². The van der Waals surface area contributed by atoms with E-state index in [1.54, 1.807) is 0 Å². The molecule has 1 aromatic carbocycles. The molecule has 0 saturated heterocycles. The first-order valence-corrected chi connectivity index (χ1v) is 6.31. The van der Waals surface area contributed by atoms with Gasteiger partial charge in [0.25, 0.3) is 0 Å². The molecular weight excluding hydrogens is 258 g/mol. The number of carbonyl (C=O) groups is 3. The third kappa shape index (κ3) is 5.51. The average Bonchev–Trinajstić information content (AvgIpc) is 2.38. The van der Waals surface area contributed by atoms with Crippen LogP contribution in [0.5, 0.6) is 0 Å². The van der Waals surface area contributed by atoms with Gasteiger partial charge in [0.1, 0.15) is 0 Å². The number of carbonyl (C=O) groups excluding carboxylic acids is 3. The predicted octanol–water partition coefficient (Wildman–Crippen LogP) is 1.19. The average molecular weight is 277 g/mol. The van der Waals surface area contributed by atoms with E-state index in [1.165, 1.54) is 6.92 Å². The Morgan fingerprint density at radius 1 is 1.00 bits per heavy atom. The molecule has 108 valence electrons. The smallest absolute Gasteiger partial charge is 0.238 e. The highest BCUT2D eigenvalue weighted by atomic mass is 16.2. The molecule has 1 rings (SSSR count). The maximum Gasteiger partial charge on any atom is 0.238 e. The zero-order valence-corrected chi connectivity index (χ0v) is 11.9. The fourth-order valence-corrected chi connectivity index (χ4v) is 1.53. The first kappa shape index (κ1) is 15.7. The number of nitrogens with one attached hydrogen (secondary N) is 3. The molecule has 0 unspecified atom stereocenters. The van der Waals surface area contributed by atoms with E-state index in [4.69, 9.17) is 0 Å². The van der Waals surface area contributed by atoms with Crippen molar-refractivity contribution in [2.45, 2.75) is 33.6 Å². The van der Waals surface area contributed by atoms with E-state index in [9.17, 15) is 14.4 Å². The van der Waals surface area contributed by atoms with Crippen LogP contribution in [-0.4, -0.2) is 17.7 Å². The van der Waals surface area contributed by atoms with Crippen LogP contribution in [0.4, 0.5) is 5.69 Å². The van der Waals surface area contributed by atoms with Gasteiger partial charge in [-0.1, -0.05) is 12.1 Å². The van der Waals surface area contributed by atoms with Gasteiger partial charge in [0.05, 0.1) is 0 Å². The maximum atomic E-state index is 11.7. The molecule has 3 amide bonds. The van der Waals surface area contributed by atoms with E-state index in [2.05, 4.69) is 16.2 Å². The highest BCUT2D eigenvalue weighted by Gasteiger charge is 2.08. The minimum Gasteiger partial charge on any atom is -0.326 e. The lowest BCUT2D eigenvalue weighted by molar-refractivity contribution is -0.128. The van der Waals surface area contributed by atoms with Gasteiger partial charge in [-0.25, -0.2) is 0 Å². The number of rotatable bonds is 4. The van der Waals surface area contributed by atoms with Gasteiger partial charge in [-0.05, 0) is 31.0 Å². The zero-order chi connectivity index (χ0) is 15.1. The number of amides is 3. The van der Waals surface area contributed by atoms with Crippen LogP contribution < -0.4 is 16.2 Å². The Balaban J connectivity index is 2.42. The zero-order valence-electron chi connectivity index (χ0n) is 11.9. The number of benzene rings is 1. The third-order valence-electron chi connectivity index (χ3n) is 2.62. The molecule has 0 heterocycles. The standard InChI is InChI=1S/C14H19N3O3/c1-9-4-5-10(2)12(8-9)15-13(19)6-7-14(20)17-16-11(3)18/h4-5,8H,6-7H2,1-3H3,(H,15,19)(H,16,18)(H,17,20). The number of aryl methyl sites for hydroxylation is 2. The van der Waals surface area contributed by atoms with Crippen molar-refractivity contribution in [2.24, 2.45) is 0 Å². The lowest BCUT2D eigenvalue weighted by Crippen LogP contribution is -2.40. The molecule has 6 heteroatoms. The van der Waals surface area contributed by atoms with Crippen LogP contribution in [0.25, 0.3) is 0 Å².